The quantitative estimate of drug-likeness (QED) is 0.316. The lowest BCUT2D eigenvalue weighted by molar-refractivity contribution is -0.139. The molecule has 3 rings (SSSR count). The molecule has 2 amide bonds. The van der Waals surface area contributed by atoms with E-state index < -0.39 is 28.5 Å². The maximum absolute atomic E-state index is 14.0. The molecule has 0 saturated carbocycles. The van der Waals surface area contributed by atoms with E-state index in [1.54, 1.807) is 31.2 Å². The Kier molecular flexibility index (Phi) is 10.6. The van der Waals surface area contributed by atoms with Gasteiger partial charge in [-0.1, -0.05) is 66.6 Å². The highest BCUT2D eigenvalue weighted by atomic mass is 35.5. The first kappa shape index (κ1) is 31.0. The third-order valence-electron chi connectivity index (χ3n) is 6.68. The van der Waals surface area contributed by atoms with Crippen LogP contribution in [-0.2, 0) is 26.2 Å². The first-order valence-electron chi connectivity index (χ1n) is 13.0. The lowest BCUT2D eigenvalue weighted by Crippen LogP contribution is -2.52. The Balaban J connectivity index is 2.04. The van der Waals surface area contributed by atoms with Crippen molar-refractivity contribution in [1.29, 1.82) is 0 Å². The predicted octanol–water partition coefficient (Wildman–Crippen LogP) is 5.18. The molecule has 0 aliphatic carbocycles. The first-order chi connectivity index (χ1) is 19.0. The number of hydrogen-bond donors (Lipinski definition) is 1. The highest BCUT2D eigenvalue weighted by Crippen LogP contribution is 2.32. The van der Waals surface area contributed by atoms with Gasteiger partial charge in [0.25, 0.3) is 10.0 Å². The highest BCUT2D eigenvalue weighted by molar-refractivity contribution is 7.92. The van der Waals surface area contributed by atoms with Crippen LogP contribution < -0.4 is 14.4 Å². The molecular weight excluding hydrogens is 550 g/mol. The Bertz CT molecular complexity index is 1420. The van der Waals surface area contributed by atoms with Crippen LogP contribution in [0.5, 0.6) is 5.75 Å². The van der Waals surface area contributed by atoms with Gasteiger partial charge in [0.05, 0.1) is 22.7 Å². The molecule has 2 atom stereocenters. The Morgan fingerprint density at radius 1 is 1.00 bits per heavy atom. The van der Waals surface area contributed by atoms with Crippen LogP contribution in [0, 0.1) is 6.92 Å². The summed E-state index contributed by atoms with van der Waals surface area (Å²) in [6, 6.07) is 19.0. The molecule has 0 aliphatic heterocycles. The minimum atomic E-state index is -4.18. The second-order valence-corrected chi connectivity index (χ2v) is 11.9. The fourth-order valence-electron chi connectivity index (χ4n) is 4.00. The van der Waals surface area contributed by atoms with Crippen molar-refractivity contribution in [2.24, 2.45) is 0 Å². The van der Waals surface area contributed by atoms with Crippen molar-refractivity contribution in [2.75, 3.05) is 18.0 Å². The third kappa shape index (κ3) is 7.55. The van der Waals surface area contributed by atoms with E-state index in [2.05, 4.69) is 5.32 Å². The monoisotopic (exact) mass is 585 g/mol. The van der Waals surface area contributed by atoms with Crippen LogP contribution in [0.1, 0.15) is 38.3 Å². The van der Waals surface area contributed by atoms with Crippen molar-refractivity contribution < 1.29 is 22.7 Å². The van der Waals surface area contributed by atoms with Gasteiger partial charge < -0.3 is 15.0 Å². The molecule has 214 valence electrons. The van der Waals surface area contributed by atoms with Gasteiger partial charge in [-0.2, -0.15) is 0 Å². The summed E-state index contributed by atoms with van der Waals surface area (Å²) in [6.07, 6.45) is 0.728. The van der Waals surface area contributed by atoms with Gasteiger partial charge in [-0.15, -0.1) is 0 Å². The minimum absolute atomic E-state index is 0.0161. The average Bonchev–Trinajstić information content (AvgIpc) is 2.95. The molecule has 3 aromatic carbocycles. The summed E-state index contributed by atoms with van der Waals surface area (Å²) in [7, 11) is -2.72. The van der Waals surface area contributed by atoms with Gasteiger partial charge in [-0.05, 0) is 63.1 Å². The van der Waals surface area contributed by atoms with Gasteiger partial charge in [0.15, 0.2) is 0 Å². The lowest BCUT2D eigenvalue weighted by atomic mass is 10.1. The number of carbonyl (C=O) groups excluding carboxylic acids is 2. The van der Waals surface area contributed by atoms with E-state index in [0.717, 1.165) is 21.9 Å². The summed E-state index contributed by atoms with van der Waals surface area (Å²) in [5.74, 6) is -0.497. The number of benzene rings is 3. The molecule has 0 bridgehead atoms. The normalized spacial score (nSPS) is 12.8. The van der Waals surface area contributed by atoms with Gasteiger partial charge in [-0.25, -0.2) is 8.42 Å². The number of hydrogen-bond acceptors (Lipinski definition) is 5. The molecule has 0 saturated heterocycles. The molecule has 10 heteroatoms. The van der Waals surface area contributed by atoms with E-state index in [-0.39, 0.29) is 34.1 Å². The summed E-state index contributed by atoms with van der Waals surface area (Å²) >= 11 is 6.35. The molecule has 0 fully saturated rings. The summed E-state index contributed by atoms with van der Waals surface area (Å²) < 4.78 is 33.9. The number of carbonyl (C=O) groups is 2. The third-order valence-corrected chi connectivity index (χ3v) is 8.76. The van der Waals surface area contributed by atoms with Crippen molar-refractivity contribution >= 4 is 39.1 Å². The number of sulfonamides is 1. The van der Waals surface area contributed by atoms with Crippen molar-refractivity contribution in [3.63, 3.8) is 0 Å². The molecule has 0 unspecified atom stereocenters. The maximum atomic E-state index is 14.0. The number of nitrogens with one attached hydrogen (secondary N) is 1. The van der Waals surface area contributed by atoms with Crippen molar-refractivity contribution in [1.82, 2.24) is 10.2 Å². The van der Waals surface area contributed by atoms with Crippen molar-refractivity contribution in [2.45, 2.75) is 57.6 Å². The number of amides is 2. The molecule has 0 heterocycles. The molecular formula is C30H36ClN3O5S. The Hall–Kier alpha value is -3.56. The van der Waals surface area contributed by atoms with Crippen molar-refractivity contribution in [3.05, 3.63) is 88.9 Å². The number of ether oxygens (including phenoxy) is 1. The number of methoxy groups -OCH3 is 1. The van der Waals surface area contributed by atoms with E-state index >= 15 is 0 Å². The zero-order valence-electron chi connectivity index (χ0n) is 23.4. The topological polar surface area (TPSA) is 96.0 Å². The van der Waals surface area contributed by atoms with Gasteiger partial charge in [-0.3, -0.25) is 13.9 Å². The van der Waals surface area contributed by atoms with Crippen LogP contribution in [0.4, 0.5) is 5.69 Å². The van der Waals surface area contributed by atoms with Crippen molar-refractivity contribution in [3.8, 4) is 5.75 Å². The molecule has 0 aromatic heterocycles. The Morgan fingerprint density at radius 3 is 2.23 bits per heavy atom. The Labute approximate surface area is 241 Å². The summed E-state index contributed by atoms with van der Waals surface area (Å²) in [6.45, 7) is 7.02. The minimum Gasteiger partial charge on any atom is -0.495 e. The molecule has 40 heavy (non-hydrogen) atoms. The molecule has 8 nitrogen and oxygen atoms in total. The predicted molar refractivity (Wildman–Crippen MR) is 158 cm³/mol. The standard InChI is InChI=1S/C30H36ClN3O5S/c1-6-22(3)32-30(36)23(4)33(19-24-14-12-21(2)13-15-24)29(35)20-34(25-16-17-28(39-5)27(31)18-25)40(37,38)26-10-8-7-9-11-26/h7-18,22-23H,6,19-20H2,1-5H3,(H,32,36)/t22-,23-/m0/s1. The zero-order valence-corrected chi connectivity index (χ0v) is 25.0. The second-order valence-electron chi connectivity index (χ2n) is 9.64. The first-order valence-corrected chi connectivity index (χ1v) is 14.9. The molecule has 3 aromatic rings. The van der Waals surface area contributed by atoms with Crippen LogP contribution in [0.15, 0.2) is 77.7 Å². The van der Waals surface area contributed by atoms with Gasteiger partial charge in [0, 0.05) is 12.6 Å². The SMILES string of the molecule is CC[C@H](C)NC(=O)[C@H](C)N(Cc1ccc(C)cc1)C(=O)CN(c1ccc(OC)c(Cl)c1)S(=O)(=O)c1ccccc1. The lowest BCUT2D eigenvalue weighted by Gasteiger charge is -2.32. The van der Waals surface area contributed by atoms with Crippen LogP contribution in [-0.4, -0.2) is 50.9 Å². The van der Waals surface area contributed by atoms with E-state index in [4.69, 9.17) is 16.3 Å². The largest absolute Gasteiger partial charge is 0.495 e. The Morgan fingerprint density at radius 2 is 1.65 bits per heavy atom. The fraction of sp³-hybridized carbons (Fsp3) is 0.333. The van der Waals surface area contributed by atoms with Crippen LogP contribution in [0.2, 0.25) is 5.02 Å². The van der Waals surface area contributed by atoms with Crippen LogP contribution in [0.25, 0.3) is 0 Å². The summed E-state index contributed by atoms with van der Waals surface area (Å²) in [4.78, 5) is 28.5. The van der Waals surface area contributed by atoms with E-state index in [1.807, 2.05) is 45.0 Å². The number of nitrogens with zero attached hydrogens (tertiary/aromatic N) is 2. The smallest absolute Gasteiger partial charge is 0.264 e. The number of rotatable bonds is 12. The molecule has 0 aliphatic rings. The van der Waals surface area contributed by atoms with Gasteiger partial charge in [0.1, 0.15) is 18.3 Å². The highest BCUT2D eigenvalue weighted by Gasteiger charge is 2.33. The second kappa shape index (κ2) is 13.7. The average molecular weight is 586 g/mol. The fourth-order valence-corrected chi connectivity index (χ4v) is 5.68. The summed E-state index contributed by atoms with van der Waals surface area (Å²) in [5.41, 5.74) is 2.06. The van der Waals surface area contributed by atoms with E-state index in [1.165, 1.54) is 36.3 Å². The summed E-state index contributed by atoms with van der Waals surface area (Å²) in [5, 5.41) is 3.12. The number of aryl methyl sites for hydroxylation is 1. The van der Waals surface area contributed by atoms with Gasteiger partial charge in [0.2, 0.25) is 11.8 Å². The number of anilines is 1. The molecule has 1 N–H and O–H groups in total. The van der Waals surface area contributed by atoms with Crippen LogP contribution in [0.3, 0.4) is 0 Å². The van der Waals surface area contributed by atoms with Crippen LogP contribution >= 0.6 is 11.6 Å². The number of halogens is 1. The van der Waals surface area contributed by atoms with Gasteiger partial charge >= 0.3 is 0 Å². The van der Waals surface area contributed by atoms with E-state index in [9.17, 15) is 18.0 Å². The molecule has 0 spiro atoms. The molecule has 0 radical (unpaired) electrons. The maximum Gasteiger partial charge on any atom is 0.264 e. The zero-order chi connectivity index (χ0) is 29.4. The van der Waals surface area contributed by atoms with E-state index in [0.29, 0.717) is 5.75 Å².